The van der Waals surface area contributed by atoms with E-state index in [-0.39, 0.29) is 17.2 Å². The van der Waals surface area contributed by atoms with Crippen LogP contribution in [0, 0.1) is 0 Å². The Morgan fingerprint density at radius 3 is 2.37 bits per heavy atom. The van der Waals surface area contributed by atoms with Crippen LogP contribution in [0.5, 0.6) is 5.75 Å². The molecule has 156 valence electrons. The molecule has 0 aliphatic heterocycles. The number of hydrogen-bond donors (Lipinski definition) is 3. The molecule has 1 heterocycles. The minimum atomic E-state index is -3.70. The standard InChI is InChI=1S/C21H22N4O4S/c1-25(15-16-4-8-19(26)9-5-16)30(28,29)20-10-6-18(7-11-20)24-21(27)23-14-17-3-2-12-22-13-17/h2-13,26H,14-15H2,1H3,(H2,23,24,27). The summed E-state index contributed by atoms with van der Waals surface area (Å²) in [5.41, 5.74) is 2.09. The van der Waals surface area contributed by atoms with Crippen LogP contribution in [0.1, 0.15) is 11.1 Å². The molecular weight excluding hydrogens is 404 g/mol. The van der Waals surface area contributed by atoms with E-state index >= 15 is 0 Å². The molecule has 0 unspecified atom stereocenters. The Bertz CT molecular complexity index is 1090. The fourth-order valence-corrected chi connectivity index (χ4v) is 3.85. The Kier molecular flexibility index (Phi) is 6.65. The third kappa shape index (κ3) is 5.56. The summed E-state index contributed by atoms with van der Waals surface area (Å²) in [5, 5.41) is 14.7. The van der Waals surface area contributed by atoms with Crippen LogP contribution in [0.2, 0.25) is 0 Å². The summed E-state index contributed by atoms with van der Waals surface area (Å²) in [6.07, 6.45) is 3.32. The molecule has 30 heavy (non-hydrogen) atoms. The topological polar surface area (TPSA) is 112 Å². The van der Waals surface area contributed by atoms with Gasteiger partial charge in [0.25, 0.3) is 0 Å². The van der Waals surface area contributed by atoms with Crippen molar-refractivity contribution < 1.29 is 18.3 Å². The van der Waals surface area contributed by atoms with Gasteiger partial charge in [-0.15, -0.1) is 0 Å². The van der Waals surface area contributed by atoms with E-state index in [9.17, 15) is 18.3 Å². The lowest BCUT2D eigenvalue weighted by atomic mass is 10.2. The second-order valence-corrected chi connectivity index (χ2v) is 8.67. The minimum Gasteiger partial charge on any atom is -0.508 e. The number of benzene rings is 2. The third-order valence-corrected chi connectivity index (χ3v) is 6.16. The van der Waals surface area contributed by atoms with Crippen LogP contribution in [0.25, 0.3) is 0 Å². The van der Waals surface area contributed by atoms with Crippen LogP contribution in [0.15, 0.2) is 78.0 Å². The lowest BCUT2D eigenvalue weighted by molar-refractivity contribution is 0.251. The summed E-state index contributed by atoms with van der Waals surface area (Å²) in [6.45, 7) is 0.494. The largest absolute Gasteiger partial charge is 0.508 e. The number of pyridine rings is 1. The van der Waals surface area contributed by atoms with E-state index in [4.69, 9.17) is 0 Å². The monoisotopic (exact) mass is 426 g/mol. The van der Waals surface area contributed by atoms with E-state index in [2.05, 4.69) is 15.6 Å². The van der Waals surface area contributed by atoms with Crippen molar-refractivity contribution in [2.24, 2.45) is 0 Å². The average molecular weight is 426 g/mol. The van der Waals surface area contributed by atoms with Crippen LogP contribution in [-0.2, 0) is 23.1 Å². The van der Waals surface area contributed by atoms with Crippen molar-refractivity contribution >= 4 is 21.7 Å². The number of rotatable bonds is 7. The normalized spacial score (nSPS) is 11.3. The van der Waals surface area contributed by atoms with Gasteiger partial charge >= 0.3 is 6.03 Å². The molecule has 3 N–H and O–H groups in total. The number of hydrogen-bond acceptors (Lipinski definition) is 5. The maximum Gasteiger partial charge on any atom is 0.319 e. The molecule has 0 saturated heterocycles. The van der Waals surface area contributed by atoms with Crippen molar-refractivity contribution in [3.05, 3.63) is 84.2 Å². The van der Waals surface area contributed by atoms with Gasteiger partial charge in [0.2, 0.25) is 10.0 Å². The Hall–Kier alpha value is -3.43. The highest BCUT2D eigenvalue weighted by Gasteiger charge is 2.21. The zero-order chi connectivity index (χ0) is 21.6. The number of carbonyl (C=O) groups is 1. The van der Waals surface area contributed by atoms with Gasteiger partial charge in [-0.1, -0.05) is 18.2 Å². The first-order valence-electron chi connectivity index (χ1n) is 9.13. The van der Waals surface area contributed by atoms with Gasteiger partial charge in [-0.25, -0.2) is 13.2 Å². The van der Waals surface area contributed by atoms with Crippen molar-refractivity contribution in [1.82, 2.24) is 14.6 Å². The Morgan fingerprint density at radius 1 is 1.03 bits per heavy atom. The summed E-state index contributed by atoms with van der Waals surface area (Å²) >= 11 is 0. The molecule has 0 aliphatic carbocycles. The second-order valence-electron chi connectivity index (χ2n) is 6.62. The Balaban J connectivity index is 1.59. The highest BCUT2D eigenvalue weighted by molar-refractivity contribution is 7.89. The first-order chi connectivity index (χ1) is 14.3. The zero-order valence-electron chi connectivity index (χ0n) is 16.3. The van der Waals surface area contributed by atoms with Gasteiger partial charge < -0.3 is 15.7 Å². The molecule has 0 saturated carbocycles. The van der Waals surface area contributed by atoms with E-state index in [1.807, 2.05) is 6.07 Å². The quantitative estimate of drug-likeness (QED) is 0.538. The molecule has 3 aromatic rings. The van der Waals surface area contributed by atoms with E-state index in [0.717, 1.165) is 11.1 Å². The number of aromatic nitrogens is 1. The lowest BCUT2D eigenvalue weighted by Crippen LogP contribution is -2.28. The first-order valence-corrected chi connectivity index (χ1v) is 10.6. The molecule has 1 aromatic heterocycles. The smallest absolute Gasteiger partial charge is 0.319 e. The van der Waals surface area contributed by atoms with Gasteiger partial charge in [0.05, 0.1) is 4.90 Å². The summed E-state index contributed by atoms with van der Waals surface area (Å²) in [5.74, 6) is 0.122. The molecule has 8 nitrogen and oxygen atoms in total. The van der Waals surface area contributed by atoms with E-state index in [1.54, 1.807) is 30.6 Å². The van der Waals surface area contributed by atoms with Gasteiger partial charge in [0.15, 0.2) is 0 Å². The van der Waals surface area contributed by atoms with E-state index in [0.29, 0.717) is 12.2 Å². The fourth-order valence-electron chi connectivity index (χ4n) is 2.69. The molecule has 0 radical (unpaired) electrons. The number of urea groups is 1. The fraction of sp³-hybridized carbons (Fsp3) is 0.143. The summed E-state index contributed by atoms with van der Waals surface area (Å²) in [4.78, 5) is 16.1. The number of amides is 2. The van der Waals surface area contributed by atoms with Crippen LogP contribution in [0.3, 0.4) is 0 Å². The van der Waals surface area contributed by atoms with Gasteiger partial charge in [0, 0.05) is 38.2 Å². The Labute approximate surface area is 175 Å². The molecule has 2 aromatic carbocycles. The molecule has 0 bridgehead atoms. The highest BCUT2D eigenvalue weighted by Crippen LogP contribution is 2.20. The van der Waals surface area contributed by atoms with E-state index in [1.165, 1.54) is 47.8 Å². The molecule has 0 atom stereocenters. The number of aromatic hydroxyl groups is 1. The third-order valence-electron chi connectivity index (χ3n) is 4.34. The van der Waals surface area contributed by atoms with Gasteiger partial charge in [-0.05, 0) is 53.6 Å². The zero-order valence-corrected chi connectivity index (χ0v) is 17.1. The maximum absolute atomic E-state index is 12.8. The summed E-state index contributed by atoms with van der Waals surface area (Å²) in [6, 6.07) is 15.5. The number of anilines is 1. The maximum atomic E-state index is 12.8. The van der Waals surface area contributed by atoms with Crippen molar-refractivity contribution in [2.45, 2.75) is 18.0 Å². The minimum absolute atomic E-state index is 0.116. The van der Waals surface area contributed by atoms with Crippen molar-refractivity contribution in [3.63, 3.8) is 0 Å². The van der Waals surface area contributed by atoms with Crippen molar-refractivity contribution in [3.8, 4) is 5.75 Å². The Morgan fingerprint density at radius 2 is 1.73 bits per heavy atom. The second kappa shape index (κ2) is 9.38. The summed E-state index contributed by atoms with van der Waals surface area (Å²) < 4.78 is 26.8. The van der Waals surface area contributed by atoms with E-state index < -0.39 is 16.1 Å². The average Bonchev–Trinajstić information content (AvgIpc) is 2.75. The van der Waals surface area contributed by atoms with Crippen LogP contribution >= 0.6 is 0 Å². The van der Waals surface area contributed by atoms with Gasteiger partial charge in [0.1, 0.15) is 5.75 Å². The number of nitrogens with one attached hydrogen (secondary N) is 2. The number of nitrogens with zero attached hydrogens (tertiary/aromatic N) is 2. The van der Waals surface area contributed by atoms with Gasteiger partial charge in [-0.3, -0.25) is 4.98 Å². The molecule has 0 fully saturated rings. The first kappa shape index (κ1) is 21.3. The van der Waals surface area contributed by atoms with Crippen molar-refractivity contribution in [1.29, 1.82) is 0 Å². The number of phenolic OH excluding ortho intramolecular Hbond substituents is 1. The molecule has 3 rings (SSSR count). The number of sulfonamides is 1. The van der Waals surface area contributed by atoms with Crippen LogP contribution < -0.4 is 10.6 Å². The predicted molar refractivity (Wildman–Crippen MR) is 113 cm³/mol. The molecule has 0 aliphatic rings. The van der Waals surface area contributed by atoms with Crippen LogP contribution in [-0.4, -0.2) is 35.9 Å². The van der Waals surface area contributed by atoms with Crippen molar-refractivity contribution in [2.75, 3.05) is 12.4 Å². The van der Waals surface area contributed by atoms with Crippen LogP contribution in [0.4, 0.5) is 10.5 Å². The molecule has 0 spiro atoms. The number of carbonyl (C=O) groups excluding carboxylic acids is 1. The highest BCUT2D eigenvalue weighted by atomic mass is 32.2. The number of phenols is 1. The predicted octanol–water partition coefficient (Wildman–Crippen LogP) is 2.93. The summed E-state index contributed by atoms with van der Waals surface area (Å²) in [7, 11) is -2.22. The molecule has 9 heteroatoms. The lowest BCUT2D eigenvalue weighted by Gasteiger charge is -2.17. The van der Waals surface area contributed by atoms with Gasteiger partial charge in [-0.2, -0.15) is 4.31 Å². The molecular formula is C21H22N4O4S. The SMILES string of the molecule is CN(Cc1ccc(O)cc1)S(=O)(=O)c1ccc(NC(=O)NCc2cccnc2)cc1. The molecule has 2 amide bonds.